The second kappa shape index (κ2) is 9.84. The molecule has 0 aliphatic heterocycles. The Morgan fingerprint density at radius 3 is 2.45 bits per heavy atom. The van der Waals surface area contributed by atoms with Crippen molar-refractivity contribution in [2.24, 2.45) is 5.16 Å². The fourth-order valence-corrected chi connectivity index (χ4v) is 2.94. The van der Waals surface area contributed by atoms with Crippen LogP contribution >= 0.6 is 11.6 Å². The van der Waals surface area contributed by atoms with Crippen molar-refractivity contribution in [3.63, 3.8) is 0 Å². The van der Waals surface area contributed by atoms with Crippen molar-refractivity contribution in [2.75, 3.05) is 17.9 Å². The summed E-state index contributed by atoms with van der Waals surface area (Å²) >= 11 is 5.92. The number of ether oxygens (including phenoxy) is 1. The third kappa shape index (κ3) is 6.53. The first-order chi connectivity index (χ1) is 13.6. The second-order valence-corrected chi connectivity index (χ2v) is 7.74. The van der Waals surface area contributed by atoms with Gasteiger partial charge in [0.25, 0.3) is 0 Å². The van der Waals surface area contributed by atoms with Crippen molar-refractivity contribution >= 4 is 33.0 Å². The molecule has 0 amide bonds. The maximum Gasteiger partial charge on any atom is 0.516 e. The van der Waals surface area contributed by atoms with E-state index >= 15 is 0 Å². The van der Waals surface area contributed by atoms with Crippen molar-refractivity contribution in [2.45, 2.75) is 18.9 Å². The first-order valence-electron chi connectivity index (χ1n) is 8.39. The van der Waals surface area contributed by atoms with Gasteiger partial charge in [-0.15, -0.1) is 0 Å². The standard InChI is InChI=1S/C18H18ClF3N2O4S/c1-2-16(23-28-11-10-27-14-6-4-3-5-7-14)15-12-13(19)8-9-17(15)24-29(25,26)18(20,21)22/h3-9,12,24H,2,10-11H2,1H3/b23-16+. The minimum absolute atomic E-state index is 0.0720. The number of sulfonamides is 1. The van der Waals surface area contributed by atoms with Crippen LogP contribution in [-0.2, 0) is 14.9 Å². The number of alkyl halides is 3. The van der Waals surface area contributed by atoms with Gasteiger partial charge < -0.3 is 9.57 Å². The highest BCUT2D eigenvalue weighted by molar-refractivity contribution is 7.93. The van der Waals surface area contributed by atoms with Crippen LogP contribution in [0.4, 0.5) is 18.9 Å². The minimum atomic E-state index is -5.60. The average Bonchev–Trinajstić information content (AvgIpc) is 2.66. The van der Waals surface area contributed by atoms with Gasteiger partial charge in [-0.25, -0.2) is 0 Å². The number of benzene rings is 2. The summed E-state index contributed by atoms with van der Waals surface area (Å²) in [6, 6.07) is 12.7. The van der Waals surface area contributed by atoms with Gasteiger partial charge in [0.1, 0.15) is 12.4 Å². The van der Waals surface area contributed by atoms with Gasteiger partial charge in [-0.3, -0.25) is 4.72 Å². The molecule has 0 saturated carbocycles. The molecule has 1 N–H and O–H groups in total. The molecule has 0 saturated heterocycles. The first kappa shape index (κ1) is 22.8. The molecule has 2 aromatic rings. The van der Waals surface area contributed by atoms with Crippen LogP contribution in [0.25, 0.3) is 0 Å². The normalized spacial score (nSPS) is 12.5. The van der Waals surface area contributed by atoms with Crippen molar-refractivity contribution < 1.29 is 31.2 Å². The van der Waals surface area contributed by atoms with E-state index in [-0.39, 0.29) is 41.6 Å². The highest BCUT2D eigenvalue weighted by atomic mass is 35.5. The molecule has 0 fully saturated rings. The summed E-state index contributed by atoms with van der Waals surface area (Å²) in [7, 11) is -5.60. The lowest BCUT2D eigenvalue weighted by molar-refractivity contribution is -0.0429. The summed E-state index contributed by atoms with van der Waals surface area (Å²) in [6.45, 7) is 1.95. The van der Waals surface area contributed by atoms with Gasteiger partial charge in [0.2, 0.25) is 0 Å². The molecule has 2 aromatic carbocycles. The summed E-state index contributed by atoms with van der Waals surface area (Å²) in [6.07, 6.45) is 0.251. The highest BCUT2D eigenvalue weighted by Crippen LogP contribution is 2.29. The molecule has 0 aliphatic rings. The minimum Gasteiger partial charge on any atom is -0.490 e. The van der Waals surface area contributed by atoms with Gasteiger partial charge in [0.15, 0.2) is 6.61 Å². The van der Waals surface area contributed by atoms with E-state index in [0.717, 1.165) is 6.07 Å². The molecule has 158 valence electrons. The molecular formula is C18H18ClF3N2O4S. The van der Waals surface area contributed by atoms with Crippen LogP contribution in [-0.4, -0.2) is 32.9 Å². The van der Waals surface area contributed by atoms with Crippen LogP contribution in [0.5, 0.6) is 5.75 Å². The van der Waals surface area contributed by atoms with Gasteiger partial charge in [0, 0.05) is 10.6 Å². The van der Waals surface area contributed by atoms with Crippen LogP contribution in [0.2, 0.25) is 5.02 Å². The molecule has 0 radical (unpaired) electrons. The largest absolute Gasteiger partial charge is 0.516 e. The van der Waals surface area contributed by atoms with Gasteiger partial charge in [-0.1, -0.05) is 41.9 Å². The van der Waals surface area contributed by atoms with Crippen LogP contribution < -0.4 is 9.46 Å². The smallest absolute Gasteiger partial charge is 0.490 e. The molecule has 29 heavy (non-hydrogen) atoms. The SMILES string of the molecule is CC/C(=N\OCCOc1ccccc1)c1cc(Cl)ccc1NS(=O)(=O)C(F)(F)F. The molecule has 11 heteroatoms. The van der Waals surface area contributed by atoms with E-state index < -0.39 is 15.5 Å². The zero-order valence-corrected chi connectivity index (χ0v) is 16.8. The maximum atomic E-state index is 12.7. The number of nitrogens with one attached hydrogen (secondary N) is 1. The second-order valence-electron chi connectivity index (χ2n) is 5.63. The monoisotopic (exact) mass is 450 g/mol. The number of hydrogen-bond acceptors (Lipinski definition) is 5. The van der Waals surface area contributed by atoms with E-state index in [4.69, 9.17) is 21.2 Å². The number of para-hydroxylation sites is 1. The fraction of sp³-hybridized carbons (Fsp3) is 0.278. The fourth-order valence-electron chi connectivity index (χ4n) is 2.19. The number of hydrogen-bond donors (Lipinski definition) is 1. The molecular weight excluding hydrogens is 433 g/mol. The number of anilines is 1. The van der Waals surface area contributed by atoms with Crippen molar-refractivity contribution in [1.29, 1.82) is 0 Å². The maximum absolute atomic E-state index is 12.7. The summed E-state index contributed by atoms with van der Waals surface area (Å²) in [4.78, 5) is 5.18. The Bertz CT molecular complexity index is 951. The van der Waals surface area contributed by atoms with E-state index in [1.165, 1.54) is 16.9 Å². The van der Waals surface area contributed by atoms with Gasteiger partial charge in [-0.05, 0) is 36.8 Å². The molecule has 0 bridgehead atoms. The molecule has 0 heterocycles. The summed E-state index contributed by atoms with van der Waals surface area (Å²) in [5.41, 5.74) is -5.47. The molecule has 0 unspecified atom stereocenters. The first-order valence-corrected chi connectivity index (χ1v) is 10.3. The number of nitrogens with zero attached hydrogens (tertiary/aromatic N) is 1. The molecule has 0 spiro atoms. The Labute approximate surface area is 171 Å². The lowest BCUT2D eigenvalue weighted by atomic mass is 10.1. The van der Waals surface area contributed by atoms with E-state index in [1.807, 2.05) is 18.2 Å². The number of oxime groups is 1. The molecule has 2 rings (SSSR count). The van der Waals surface area contributed by atoms with E-state index in [9.17, 15) is 21.6 Å². The average molecular weight is 451 g/mol. The zero-order chi connectivity index (χ0) is 21.5. The van der Waals surface area contributed by atoms with Crippen LogP contribution in [0.15, 0.2) is 53.7 Å². The van der Waals surface area contributed by atoms with Crippen molar-refractivity contribution in [1.82, 2.24) is 0 Å². The topological polar surface area (TPSA) is 77.0 Å². The van der Waals surface area contributed by atoms with E-state index in [0.29, 0.717) is 5.75 Å². The Hall–Kier alpha value is -2.46. The lowest BCUT2D eigenvalue weighted by Crippen LogP contribution is -2.30. The van der Waals surface area contributed by atoms with Gasteiger partial charge in [0.05, 0.1) is 11.4 Å². The highest BCUT2D eigenvalue weighted by Gasteiger charge is 2.46. The predicted octanol–water partition coefficient (Wildman–Crippen LogP) is 4.81. The summed E-state index contributed by atoms with van der Waals surface area (Å²) in [5.74, 6) is 0.648. The Morgan fingerprint density at radius 2 is 1.83 bits per heavy atom. The van der Waals surface area contributed by atoms with E-state index in [2.05, 4.69) is 5.16 Å². The predicted molar refractivity (Wildman–Crippen MR) is 105 cm³/mol. The third-order valence-corrected chi connectivity index (χ3v) is 4.87. The van der Waals surface area contributed by atoms with Crippen LogP contribution in [0.1, 0.15) is 18.9 Å². The van der Waals surface area contributed by atoms with Crippen LogP contribution in [0.3, 0.4) is 0 Å². The third-order valence-electron chi connectivity index (χ3n) is 3.54. The Kier molecular flexibility index (Phi) is 7.74. The molecule has 0 atom stereocenters. The Balaban J connectivity index is 2.13. The summed E-state index contributed by atoms with van der Waals surface area (Å²) < 4.78 is 67.9. The molecule has 6 nitrogen and oxygen atoms in total. The van der Waals surface area contributed by atoms with Gasteiger partial charge in [-0.2, -0.15) is 21.6 Å². The van der Waals surface area contributed by atoms with Crippen molar-refractivity contribution in [3.8, 4) is 5.75 Å². The molecule has 0 aliphatic carbocycles. The van der Waals surface area contributed by atoms with E-state index in [1.54, 1.807) is 19.1 Å². The zero-order valence-electron chi connectivity index (χ0n) is 15.2. The van der Waals surface area contributed by atoms with Gasteiger partial charge >= 0.3 is 15.5 Å². The quantitative estimate of drug-likeness (QED) is 0.338. The number of rotatable bonds is 9. The van der Waals surface area contributed by atoms with Crippen molar-refractivity contribution in [3.05, 3.63) is 59.1 Å². The number of halogens is 4. The molecule has 0 aromatic heterocycles. The Morgan fingerprint density at radius 1 is 1.14 bits per heavy atom. The lowest BCUT2D eigenvalue weighted by Gasteiger charge is -2.15. The summed E-state index contributed by atoms with van der Waals surface area (Å²) in [5, 5.41) is 4.10. The van der Waals surface area contributed by atoms with Crippen LogP contribution in [0, 0.1) is 0 Å².